The maximum atomic E-state index is 4.08. The van der Waals surface area contributed by atoms with E-state index >= 15 is 0 Å². The predicted octanol–water partition coefficient (Wildman–Crippen LogP) is 2.33. The maximum absolute atomic E-state index is 4.08. The summed E-state index contributed by atoms with van der Waals surface area (Å²) in [7, 11) is 1.97. The molecule has 1 aromatic carbocycles. The first-order valence-corrected chi connectivity index (χ1v) is 6.71. The fourth-order valence-corrected chi connectivity index (χ4v) is 2.09. The highest BCUT2D eigenvalue weighted by Gasteiger charge is 2.07. The Morgan fingerprint density at radius 1 is 1.26 bits per heavy atom. The average Bonchev–Trinajstić information content (AvgIpc) is 2.78. The molecule has 1 heterocycles. The van der Waals surface area contributed by atoms with Gasteiger partial charge in [0, 0.05) is 26.1 Å². The molecule has 2 aromatic rings. The molecular formula is C15H22N4. The van der Waals surface area contributed by atoms with Gasteiger partial charge in [0.1, 0.15) is 12.2 Å². The van der Waals surface area contributed by atoms with Crippen LogP contribution in [0.1, 0.15) is 35.5 Å². The summed E-state index contributed by atoms with van der Waals surface area (Å²) in [5.74, 6) is 1.01. The third kappa shape index (κ3) is 3.41. The third-order valence-corrected chi connectivity index (χ3v) is 3.64. The van der Waals surface area contributed by atoms with Crippen LogP contribution in [0, 0.1) is 13.8 Å². The van der Waals surface area contributed by atoms with Crippen LogP contribution in [0.5, 0.6) is 0 Å². The van der Waals surface area contributed by atoms with Crippen LogP contribution in [-0.4, -0.2) is 21.3 Å². The summed E-state index contributed by atoms with van der Waals surface area (Å²) in [5.41, 5.74) is 4.02. The lowest BCUT2D eigenvalue weighted by molar-refractivity contribution is 0.564. The zero-order valence-electron chi connectivity index (χ0n) is 12.1. The Morgan fingerprint density at radius 2 is 2.05 bits per heavy atom. The zero-order chi connectivity index (χ0) is 13.8. The minimum atomic E-state index is 0.354. The lowest BCUT2D eigenvalue weighted by Crippen LogP contribution is -2.22. The molecule has 0 saturated carbocycles. The summed E-state index contributed by atoms with van der Waals surface area (Å²) in [6, 6.07) is 7.00. The number of nitrogens with one attached hydrogen (secondary N) is 1. The monoisotopic (exact) mass is 258 g/mol. The number of benzene rings is 1. The summed E-state index contributed by atoms with van der Waals surface area (Å²) < 4.78 is 1.96. The number of hydrogen-bond acceptors (Lipinski definition) is 3. The van der Waals surface area contributed by atoms with E-state index in [0.717, 1.165) is 18.8 Å². The minimum absolute atomic E-state index is 0.354. The molecule has 19 heavy (non-hydrogen) atoms. The summed E-state index contributed by atoms with van der Waals surface area (Å²) >= 11 is 0. The smallest absolute Gasteiger partial charge is 0.133 e. The van der Waals surface area contributed by atoms with Gasteiger partial charge >= 0.3 is 0 Å². The van der Waals surface area contributed by atoms with Gasteiger partial charge in [-0.2, -0.15) is 0 Å². The van der Waals surface area contributed by atoms with Crippen molar-refractivity contribution in [2.45, 2.75) is 33.2 Å². The van der Waals surface area contributed by atoms with E-state index in [2.05, 4.69) is 54.5 Å². The molecule has 0 bridgehead atoms. The highest BCUT2D eigenvalue weighted by atomic mass is 15.2. The van der Waals surface area contributed by atoms with Crippen molar-refractivity contribution in [3.8, 4) is 0 Å². The van der Waals surface area contributed by atoms with Crippen molar-refractivity contribution in [3.63, 3.8) is 0 Å². The first-order valence-electron chi connectivity index (χ1n) is 6.71. The van der Waals surface area contributed by atoms with Crippen LogP contribution in [0.25, 0.3) is 0 Å². The van der Waals surface area contributed by atoms with Crippen LogP contribution in [0.15, 0.2) is 24.5 Å². The molecule has 0 saturated heterocycles. The molecule has 0 aliphatic heterocycles. The number of aromatic nitrogens is 3. The second-order valence-corrected chi connectivity index (χ2v) is 5.13. The summed E-state index contributed by atoms with van der Waals surface area (Å²) in [6.07, 6.45) is 2.63. The highest BCUT2D eigenvalue weighted by molar-refractivity contribution is 5.31. The zero-order valence-corrected chi connectivity index (χ0v) is 12.1. The molecule has 0 aliphatic rings. The molecule has 1 atom stereocenters. The molecule has 0 fully saturated rings. The Balaban J connectivity index is 1.89. The Morgan fingerprint density at radius 3 is 2.68 bits per heavy atom. The van der Waals surface area contributed by atoms with Gasteiger partial charge in [0.15, 0.2) is 0 Å². The SMILES string of the molecule is Cc1ccc(C(C)NCCc2nncn2C)cc1C. The van der Waals surface area contributed by atoms with E-state index in [1.54, 1.807) is 6.33 Å². The molecule has 1 aromatic heterocycles. The molecule has 0 radical (unpaired) electrons. The molecular weight excluding hydrogens is 236 g/mol. The molecule has 0 amide bonds. The molecule has 1 N–H and O–H groups in total. The van der Waals surface area contributed by atoms with E-state index in [1.165, 1.54) is 16.7 Å². The Hall–Kier alpha value is -1.68. The molecule has 0 aliphatic carbocycles. The normalized spacial score (nSPS) is 12.6. The number of aryl methyl sites for hydroxylation is 3. The van der Waals surface area contributed by atoms with Crippen molar-refractivity contribution in [1.29, 1.82) is 0 Å². The van der Waals surface area contributed by atoms with E-state index in [-0.39, 0.29) is 0 Å². The maximum Gasteiger partial charge on any atom is 0.133 e. The van der Waals surface area contributed by atoms with Crippen LogP contribution in [0.3, 0.4) is 0 Å². The van der Waals surface area contributed by atoms with Crippen LogP contribution >= 0.6 is 0 Å². The van der Waals surface area contributed by atoms with Crippen molar-refractivity contribution in [2.75, 3.05) is 6.54 Å². The minimum Gasteiger partial charge on any atom is -0.321 e. The van der Waals surface area contributed by atoms with E-state index in [1.807, 2.05) is 11.6 Å². The molecule has 2 rings (SSSR count). The Kier molecular flexibility index (Phi) is 4.32. The summed E-state index contributed by atoms with van der Waals surface area (Å²) in [6.45, 7) is 7.40. The number of nitrogens with zero attached hydrogens (tertiary/aromatic N) is 3. The van der Waals surface area contributed by atoms with Crippen LogP contribution in [-0.2, 0) is 13.5 Å². The fourth-order valence-electron chi connectivity index (χ4n) is 2.09. The number of rotatable bonds is 5. The first kappa shape index (κ1) is 13.7. The molecule has 1 unspecified atom stereocenters. The number of hydrogen-bond donors (Lipinski definition) is 1. The Labute approximate surface area is 114 Å². The van der Waals surface area contributed by atoms with Crippen molar-refractivity contribution in [1.82, 2.24) is 20.1 Å². The van der Waals surface area contributed by atoms with Gasteiger partial charge in [-0.15, -0.1) is 10.2 Å². The van der Waals surface area contributed by atoms with Crippen LogP contribution in [0.2, 0.25) is 0 Å². The van der Waals surface area contributed by atoms with Crippen molar-refractivity contribution < 1.29 is 0 Å². The van der Waals surface area contributed by atoms with Gasteiger partial charge in [-0.3, -0.25) is 0 Å². The van der Waals surface area contributed by atoms with Gasteiger partial charge in [0.05, 0.1) is 0 Å². The first-order chi connectivity index (χ1) is 9.08. The van der Waals surface area contributed by atoms with Crippen molar-refractivity contribution in [3.05, 3.63) is 47.0 Å². The average molecular weight is 258 g/mol. The molecule has 102 valence electrons. The second-order valence-electron chi connectivity index (χ2n) is 5.13. The largest absolute Gasteiger partial charge is 0.321 e. The summed E-state index contributed by atoms with van der Waals surface area (Å²) in [5, 5.41) is 11.5. The van der Waals surface area contributed by atoms with Crippen molar-refractivity contribution in [2.24, 2.45) is 7.05 Å². The van der Waals surface area contributed by atoms with E-state index in [0.29, 0.717) is 6.04 Å². The van der Waals surface area contributed by atoms with E-state index in [4.69, 9.17) is 0 Å². The van der Waals surface area contributed by atoms with E-state index in [9.17, 15) is 0 Å². The second kappa shape index (κ2) is 5.97. The highest BCUT2D eigenvalue weighted by Crippen LogP contribution is 2.16. The van der Waals surface area contributed by atoms with E-state index < -0.39 is 0 Å². The lowest BCUT2D eigenvalue weighted by Gasteiger charge is -2.15. The van der Waals surface area contributed by atoms with Gasteiger partial charge in [-0.25, -0.2) is 0 Å². The van der Waals surface area contributed by atoms with Gasteiger partial charge in [0.2, 0.25) is 0 Å². The molecule has 4 nitrogen and oxygen atoms in total. The topological polar surface area (TPSA) is 42.7 Å². The predicted molar refractivity (Wildman–Crippen MR) is 77.0 cm³/mol. The standard InChI is InChI=1S/C15H22N4/c1-11-5-6-14(9-12(11)2)13(3)16-8-7-15-18-17-10-19(15)4/h5-6,9-10,13,16H,7-8H2,1-4H3. The fraction of sp³-hybridized carbons (Fsp3) is 0.467. The van der Waals surface area contributed by atoms with Gasteiger partial charge in [-0.05, 0) is 37.5 Å². The summed E-state index contributed by atoms with van der Waals surface area (Å²) in [4.78, 5) is 0. The van der Waals surface area contributed by atoms with Crippen molar-refractivity contribution >= 4 is 0 Å². The lowest BCUT2D eigenvalue weighted by atomic mass is 10.0. The Bertz CT molecular complexity index is 545. The van der Waals surface area contributed by atoms with Gasteiger partial charge in [-0.1, -0.05) is 18.2 Å². The van der Waals surface area contributed by atoms with Gasteiger partial charge < -0.3 is 9.88 Å². The van der Waals surface area contributed by atoms with Crippen LogP contribution in [0.4, 0.5) is 0 Å². The van der Waals surface area contributed by atoms with Gasteiger partial charge in [0.25, 0.3) is 0 Å². The van der Waals surface area contributed by atoms with Crippen LogP contribution < -0.4 is 5.32 Å². The quantitative estimate of drug-likeness (QED) is 0.895. The third-order valence-electron chi connectivity index (χ3n) is 3.64. The molecule has 4 heteroatoms. The molecule has 0 spiro atoms.